The second-order valence-electron chi connectivity index (χ2n) is 5.85. The van der Waals surface area contributed by atoms with Gasteiger partial charge in [0.25, 0.3) is 0 Å². The minimum Gasteiger partial charge on any atom is -0.508 e. The molecule has 0 aromatic heterocycles. The van der Waals surface area contributed by atoms with Gasteiger partial charge in [-0.25, -0.2) is 0 Å². The van der Waals surface area contributed by atoms with Crippen molar-refractivity contribution in [2.24, 2.45) is 0 Å². The summed E-state index contributed by atoms with van der Waals surface area (Å²) in [6.07, 6.45) is 3.37. The van der Waals surface area contributed by atoms with Crippen molar-refractivity contribution in [2.75, 3.05) is 5.32 Å². The van der Waals surface area contributed by atoms with Gasteiger partial charge in [-0.15, -0.1) is 0 Å². The van der Waals surface area contributed by atoms with Crippen LogP contribution in [0.4, 0.5) is 5.69 Å². The molecule has 2 N–H and O–H groups in total. The lowest BCUT2D eigenvalue weighted by Gasteiger charge is -2.27. The molecule has 0 spiro atoms. The predicted molar refractivity (Wildman–Crippen MR) is 83.3 cm³/mol. The number of hydrogen-bond donors (Lipinski definition) is 2. The summed E-state index contributed by atoms with van der Waals surface area (Å²) in [5, 5.41) is 13.3. The van der Waals surface area contributed by atoms with Gasteiger partial charge in [0, 0.05) is 5.69 Å². The zero-order chi connectivity index (χ0) is 14.1. The lowest BCUT2D eigenvalue weighted by molar-refractivity contribution is 0.472. The van der Waals surface area contributed by atoms with Crippen LogP contribution < -0.4 is 5.32 Å². The van der Waals surface area contributed by atoms with Crippen molar-refractivity contribution in [1.82, 2.24) is 0 Å². The molecule has 2 heteroatoms. The van der Waals surface area contributed by atoms with Crippen molar-refractivity contribution in [3.63, 3.8) is 0 Å². The number of aryl methyl sites for hydroxylation is 3. The van der Waals surface area contributed by atoms with Crippen molar-refractivity contribution in [1.29, 1.82) is 0 Å². The molecule has 0 saturated heterocycles. The number of phenolic OH excluding ortho intramolecular Hbond substituents is 1. The second kappa shape index (κ2) is 5.20. The highest BCUT2D eigenvalue weighted by atomic mass is 16.3. The minimum absolute atomic E-state index is 0.348. The third-order valence-corrected chi connectivity index (χ3v) is 4.00. The first-order chi connectivity index (χ1) is 9.61. The highest BCUT2D eigenvalue weighted by Gasteiger charge is 2.20. The maximum absolute atomic E-state index is 9.62. The number of benzene rings is 2. The first-order valence-corrected chi connectivity index (χ1v) is 7.28. The smallest absolute Gasteiger partial charge is 0.115 e. The fourth-order valence-corrected chi connectivity index (χ4v) is 3.21. The molecule has 0 radical (unpaired) electrons. The summed E-state index contributed by atoms with van der Waals surface area (Å²) in [5.74, 6) is 0.371. The molecule has 0 saturated carbocycles. The number of fused-ring (bicyclic) bond motifs is 1. The fourth-order valence-electron chi connectivity index (χ4n) is 3.21. The molecule has 20 heavy (non-hydrogen) atoms. The van der Waals surface area contributed by atoms with Gasteiger partial charge in [-0.2, -0.15) is 0 Å². The van der Waals surface area contributed by atoms with E-state index in [1.807, 2.05) is 6.07 Å². The lowest BCUT2D eigenvalue weighted by atomic mass is 9.87. The van der Waals surface area contributed by atoms with E-state index in [1.165, 1.54) is 34.4 Å². The van der Waals surface area contributed by atoms with E-state index in [2.05, 4.69) is 43.4 Å². The predicted octanol–water partition coefficient (Wildman–Crippen LogP) is 4.50. The largest absolute Gasteiger partial charge is 0.508 e. The summed E-state index contributed by atoms with van der Waals surface area (Å²) in [6, 6.07) is 12.7. The summed E-state index contributed by atoms with van der Waals surface area (Å²) in [4.78, 5) is 0. The molecule has 1 aliphatic rings. The Kier molecular flexibility index (Phi) is 3.39. The molecular weight excluding hydrogens is 246 g/mol. The fraction of sp³-hybridized carbons (Fsp3) is 0.333. The standard InChI is InChI=1S/C18H21NO/c1-12-8-13(2)10-15(9-12)19-18-5-3-4-14-11-16(20)6-7-17(14)18/h6-11,18-20H,3-5H2,1-2H3. The number of nitrogens with one attached hydrogen (secondary N) is 1. The topological polar surface area (TPSA) is 32.3 Å². The lowest BCUT2D eigenvalue weighted by Crippen LogP contribution is -2.17. The van der Waals surface area contributed by atoms with Crippen molar-refractivity contribution in [2.45, 2.75) is 39.2 Å². The van der Waals surface area contributed by atoms with Crippen molar-refractivity contribution < 1.29 is 5.11 Å². The van der Waals surface area contributed by atoms with Crippen LogP contribution >= 0.6 is 0 Å². The summed E-state index contributed by atoms with van der Waals surface area (Å²) in [6.45, 7) is 4.26. The average molecular weight is 267 g/mol. The Morgan fingerprint density at radius 2 is 1.80 bits per heavy atom. The number of hydrogen-bond acceptors (Lipinski definition) is 2. The molecule has 3 rings (SSSR count). The van der Waals surface area contributed by atoms with Gasteiger partial charge >= 0.3 is 0 Å². The molecule has 0 amide bonds. The van der Waals surface area contributed by atoms with Crippen LogP contribution in [0.2, 0.25) is 0 Å². The van der Waals surface area contributed by atoms with E-state index in [0.717, 1.165) is 12.8 Å². The zero-order valence-electron chi connectivity index (χ0n) is 12.1. The van der Waals surface area contributed by atoms with E-state index in [1.54, 1.807) is 6.07 Å². The van der Waals surface area contributed by atoms with Gasteiger partial charge in [-0.3, -0.25) is 0 Å². The SMILES string of the molecule is Cc1cc(C)cc(NC2CCCc3cc(O)ccc32)c1. The van der Waals surface area contributed by atoms with Gasteiger partial charge in [-0.1, -0.05) is 12.1 Å². The van der Waals surface area contributed by atoms with Crippen LogP contribution in [0.5, 0.6) is 5.75 Å². The normalized spacial score (nSPS) is 17.6. The van der Waals surface area contributed by atoms with Crippen LogP contribution in [0.3, 0.4) is 0 Å². The van der Waals surface area contributed by atoms with E-state index in [9.17, 15) is 5.11 Å². The molecule has 2 nitrogen and oxygen atoms in total. The molecular formula is C18H21NO. The van der Waals surface area contributed by atoms with Crippen molar-refractivity contribution in [3.8, 4) is 5.75 Å². The van der Waals surface area contributed by atoms with Gasteiger partial charge < -0.3 is 10.4 Å². The van der Waals surface area contributed by atoms with Gasteiger partial charge in [0.2, 0.25) is 0 Å². The molecule has 0 heterocycles. The third kappa shape index (κ3) is 2.64. The molecule has 104 valence electrons. The van der Waals surface area contributed by atoms with Crippen LogP contribution in [-0.4, -0.2) is 5.11 Å². The van der Waals surface area contributed by atoms with Gasteiger partial charge in [0.05, 0.1) is 6.04 Å². The molecule has 2 aromatic rings. The molecule has 0 aliphatic heterocycles. The number of phenols is 1. The van der Waals surface area contributed by atoms with Crippen molar-refractivity contribution in [3.05, 3.63) is 58.7 Å². The molecule has 0 fully saturated rings. The first kappa shape index (κ1) is 13.0. The van der Waals surface area contributed by atoms with Crippen LogP contribution in [-0.2, 0) is 6.42 Å². The van der Waals surface area contributed by atoms with E-state index < -0.39 is 0 Å². The first-order valence-electron chi connectivity index (χ1n) is 7.28. The van der Waals surface area contributed by atoms with E-state index in [0.29, 0.717) is 11.8 Å². The quantitative estimate of drug-likeness (QED) is 0.839. The maximum Gasteiger partial charge on any atom is 0.115 e. The highest BCUT2D eigenvalue weighted by molar-refractivity contribution is 5.51. The number of aromatic hydroxyl groups is 1. The Bertz CT molecular complexity index is 613. The molecule has 1 atom stereocenters. The van der Waals surface area contributed by atoms with Crippen LogP contribution in [0.25, 0.3) is 0 Å². The minimum atomic E-state index is 0.348. The Labute approximate surface area is 120 Å². The summed E-state index contributed by atoms with van der Waals surface area (Å²) >= 11 is 0. The van der Waals surface area contributed by atoms with Crippen LogP contribution in [0, 0.1) is 13.8 Å². The van der Waals surface area contributed by atoms with Crippen LogP contribution in [0.1, 0.15) is 41.1 Å². The number of anilines is 1. The van der Waals surface area contributed by atoms with Gasteiger partial charge in [0.1, 0.15) is 5.75 Å². The Hall–Kier alpha value is -1.96. The van der Waals surface area contributed by atoms with E-state index in [4.69, 9.17) is 0 Å². The third-order valence-electron chi connectivity index (χ3n) is 4.00. The molecule has 1 aliphatic carbocycles. The average Bonchev–Trinajstić information content (AvgIpc) is 2.37. The Morgan fingerprint density at radius 3 is 2.55 bits per heavy atom. The second-order valence-corrected chi connectivity index (χ2v) is 5.85. The summed E-state index contributed by atoms with van der Waals surface area (Å²) < 4.78 is 0. The summed E-state index contributed by atoms with van der Waals surface area (Å²) in [7, 11) is 0. The maximum atomic E-state index is 9.62. The van der Waals surface area contributed by atoms with Gasteiger partial charge in [0.15, 0.2) is 0 Å². The monoisotopic (exact) mass is 267 g/mol. The Morgan fingerprint density at radius 1 is 1.05 bits per heavy atom. The van der Waals surface area contributed by atoms with E-state index >= 15 is 0 Å². The van der Waals surface area contributed by atoms with Crippen molar-refractivity contribution >= 4 is 5.69 Å². The zero-order valence-corrected chi connectivity index (χ0v) is 12.1. The highest BCUT2D eigenvalue weighted by Crippen LogP contribution is 2.34. The summed E-state index contributed by atoms with van der Waals surface area (Å²) in [5.41, 5.74) is 6.36. The molecule has 0 bridgehead atoms. The molecule has 2 aromatic carbocycles. The molecule has 1 unspecified atom stereocenters. The Balaban J connectivity index is 1.89. The van der Waals surface area contributed by atoms with Crippen LogP contribution in [0.15, 0.2) is 36.4 Å². The van der Waals surface area contributed by atoms with E-state index in [-0.39, 0.29) is 0 Å². The number of rotatable bonds is 2. The van der Waals surface area contributed by atoms with Gasteiger partial charge in [-0.05, 0) is 79.6 Å².